The number of nitrogens with one attached hydrogen (secondary N) is 1. The summed E-state index contributed by atoms with van der Waals surface area (Å²) in [6.07, 6.45) is 5.62. The highest BCUT2D eigenvalue weighted by Gasteiger charge is 2.26. The summed E-state index contributed by atoms with van der Waals surface area (Å²) in [5, 5.41) is 7.80. The zero-order valence-corrected chi connectivity index (χ0v) is 18.2. The molecule has 7 nitrogen and oxygen atoms in total. The number of nitrogens with zero attached hydrogens (tertiary/aromatic N) is 4. The first-order chi connectivity index (χ1) is 15.0. The fourth-order valence-electron chi connectivity index (χ4n) is 4.01. The Labute approximate surface area is 183 Å². The third kappa shape index (κ3) is 5.00. The molecule has 31 heavy (non-hydrogen) atoms. The van der Waals surface area contributed by atoms with Crippen molar-refractivity contribution in [2.45, 2.75) is 39.0 Å². The molecule has 3 atom stereocenters. The maximum atomic E-state index is 13.2. The van der Waals surface area contributed by atoms with Gasteiger partial charge in [0.15, 0.2) is 0 Å². The minimum Gasteiger partial charge on any atom is -0.373 e. The monoisotopic (exact) mass is 419 g/mol. The molecule has 0 aliphatic carbocycles. The first-order valence-electron chi connectivity index (χ1n) is 10.7. The van der Waals surface area contributed by atoms with Crippen molar-refractivity contribution in [3.63, 3.8) is 0 Å². The number of rotatable bonds is 6. The van der Waals surface area contributed by atoms with Crippen LogP contribution in [0.25, 0.3) is 16.9 Å². The van der Waals surface area contributed by atoms with Crippen LogP contribution in [0.5, 0.6) is 0 Å². The molecule has 3 heterocycles. The summed E-state index contributed by atoms with van der Waals surface area (Å²) >= 11 is 0. The first kappa shape index (κ1) is 21.2. The summed E-state index contributed by atoms with van der Waals surface area (Å²) in [4.78, 5) is 19.7. The van der Waals surface area contributed by atoms with Crippen molar-refractivity contribution >= 4 is 5.91 Å². The lowest BCUT2D eigenvalue weighted by Crippen LogP contribution is -2.52. The van der Waals surface area contributed by atoms with E-state index < -0.39 is 0 Å². The van der Waals surface area contributed by atoms with Crippen LogP contribution in [-0.2, 0) is 4.74 Å². The molecule has 1 aliphatic rings. The molecule has 1 aliphatic heterocycles. The molecule has 7 heteroatoms. The van der Waals surface area contributed by atoms with Crippen LogP contribution in [0.4, 0.5) is 0 Å². The van der Waals surface area contributed by atoms with Crippen LogP contribution < -0.4 is 5.32 Å². The summed E-state index contributed by atoms with van der Waals surface area (Å²) in [7, 11) is 0. The number of para-hydroxylation sites is 1. The average Bonchev–Trinajstić information content (AvgIpc) is 3.23. The van der Waals surface area contributed by atoms with Crippen molar-refractivity contribution in [2.75, 3.05) is 19.6 Å². The zero-order chi connectivity index (χ0) is 21.8. The number of benzene rings is 1. The lowest BCUT2D eigenvalue weighted by molar-refractivity contribution is -0.0778. The predicted octanol–water partition coefficient (Wildman–Crippen LogP) is 3.16. The number of morpholine rings is 1. The lowest BCUT2D eigenvalue weighted by Gasteiger charge is -2.39. The third-order valence-electron chi connectivity index (χ3n) is 5.54. The van der Waals surface area contributed by atoms with E-state index in [0.29, 0.717) is 17.8 Å². The van der Waals surface area contributed by atoms with Crippen molar-refractivity contribution < 1.29 is 9.53 Å². The Morgan fingerprint density at radius 3 is 2.58 bits per heavy atom. The van der Waals surface area contributed by atoms with E-state index in [-0.39, 0.29) is 24.2 Å². The molecule has 0 saturated carbocycles. The Balaban J connectivity index is 1.53. The van der Waals surface area contributed by atoms with Crippen LogP contribution in [0.3, 0.4) is 0 Å². The number of pyridine rings is 1. The van der Waals surface area contributed by atoms with Crippen LogP contribution in [0.1, 0.15) is 31.1 Å². The fraction of sp³-hybridized carbons (Fsp3) is 0.375. The number of aromatic nitrogens is 3. The van der Waals surface area contributed by atoms with E-state index in [1.807, 2.05) is 42.5 Å². The van der Waals surface area contributed by atoms with E-state index in [0.717, 1.165) is 24.3 Å². The molecule has 4 rings (SSSR count). The van der Waals surface area contributed by atoms with Gasteiger partial charge in [0.1, 0.15) is 5.69 Å². The Morgan fingerprint density at radius 2 is 1.90 bits per heavy atom. The molecular weight excluding hydrogens is 390 g/mol. The van der Waals surface area contributed by atoms with Crippen LogP contribution in [0.2, 0.25) is 0 Å². The summed E-state index contributed by atoms with van der Waals surface area (Å²) in [5.74, 6) is -0.137. The van der Waals surface area contributed by atoms with Gasteiger partial charge in [-0.25, -0.2) is 4.68 Å². The summed E-state index contributed by atoms with van der Waals surface area (Å²) in [6.45, 7) is 8.61. The maximum Gasteiger partial charge on any atom is 0.255 e. The highest BCUT2D eigenvalue weighted by molar-refractivity contribution is 5.99. The molecule has 0 spiro atoms. The number of amides is 1. The van der Waals surface area contributed by atoms with Crippen molar-refractivity contribution in [1.82, 2.24) is 25.0 Å². The van der Waals surface area contributed by atoms with Gasteiger partial charge >= 0.3 is 0 Å². The second kappa shape index (κ2) is 9.41. The van der Waals surface area contributed by atoms with Crippen molar-refractivity contribution in [1.29, 1.82) is 0 Å². The number of carbonyl (C=O) groups excluding carboxylic acids is 1. The third-order valence-corrected chi connectivity index (χ3v) is 5.54. The quantitative estimate of drug-likeness (QED) is 0.665. The summed E-state index contributed by atoms with van der Waals surface area (Å²) in [6, 6.07) is 13.8. The number of carbonyl (C=O) groups is 1. The van der Waals surface area contributed by atoms with E-state index in [4.69, 9.17) is 9.84 Å². The number of ether oxygens (including phenoxy) is 1. The highest BCUT2D eigenvalue weighted by Crippen LogP contribution is 2.23. The molecule has 2 aromatic heterocycles. The molecular formula is C24H29N5O2. The molecule has 3 aromatic rings. The highest BCUT2D eigenvalue weighted by atomic mass is 16.5. The van der Waals surface area contributed by atoms with Crippen molar-refractivity contribution in [2.24, 2.45) is 0 Å². The Bertz CT molecular complexity index is 995. The number of hydrogen-bond donors (Lipinski definition) is 1. The molecule has 1 fully saturated rings. The molecule has 0 radical (unpaired) electrons. The normalized spacial score (nSPS) is 20.4. The topological polar surface area (TPSA) is 72.3 Å². The first-order valence-corrected chi connectivity index (χ1v) is 10.7. The predicted molar refractivity (Wildman–Crippen MR) is 120 cm³/mol. The largest absolute Gasteiger partial charge is 0.373 e. The lowest BCUT2D eigenvalue weighted by atomic mass is 10.1. The fourth-order valence-corrected chi connectivity index (χ4v) is 4.01. The average molecular weight is 420 g/mol. The van der Waals surface area contributed by atoms with Gasteiger partial charge in [-0.15, -0.1) is 0 Å². The van der Waals surface area contributed by atoms with E-state index in [9.17, 15) is 4.79 Å². The molecule has 0 bridgehead atoms. The molecule has 1 N–H and O–H groups in total. The number of hydrogen-bond acceptors (Lipinski definition) is 5. The summed E-state index contributed by atoms with van der Waals surface area (Å²) in [5.41, 5.74) is 2.87. The smallest absolute Gasteiger partial charge is 0.255 e. The van der Waals surface area contributed by atoms with Gasteiger partial charge in [-0.05, 0) is 45.0 Å². The second-order valence-corrected chi connectivity index (χ2v) is 8.18. The zero-order valence-electron chi connectivity index (χ0n) is 18.2. The van der Waals surface area contributed by atoms with E-state index in [2.05, 4.69) is 36.0 Å². The van der Waals surface area contributed by atoms with Gasteiger partial charge in [0.05, 0.1) is 23.5 Å². The molecule has 162 valence electrons. The van der Waals surface area contributed by atoms with Gasteiger partial charge in [-0.2, -0.15) is 5.10 Å². The standard InChI is InChI=1S/C24H29N5O2/c1-17(28-14-18(2)31-19(3)15-28)12-26-24(30)22-16-29(21-9-5-4-6-10-21)27-23(22)20-8-7-11-25-13-20/h4-11,13,16-19H,12,14-15H2,1-3H3,(H,26,30). The van der Waals surface area contributed by atoms with Gasteiger partial charge in [0.25, 0.3) is 5.91 Å². The Kier molecular flexibility index (Phi) is 6.44. The van der Waals surface area contributed by atoms with Gasteiger partial charge in [-0.3, -0.25) is 14.7 Å². The molecule has 1 saturated heterocycles. The van der Waals surface area contributed by atoms with Gasteiger partial charge in [-0.1, -0.05) is 18.2 Å². The van der Waals surface area contributed by atoms with E-state index >= 15 is 0 Å². The second-order valence-electron chi connectivity index (χ2n) is 8.18. The van der Waals surface area contributed by atoms with Gasteiger partial charge < -0.3 is 10.1 Å². The minimum atomic E-state index is -0.137. The SMILES string of the molecule is CC1CN(C(C)CNC(=O)c2cn(-c3ccccc3)nc2-c2cccnc2)CC(C)O1. The molecule has 1 aromatic carbocycles. The maximum absolute atomic E-state index is 13.2. The van der Waals surface area contributed by atoms with Crippen LogP contribution in [0, 0.1) is 0 Å². The van der Waals surface area contributed by atoms with Gasteiger partial charge in [0, 0.05) is 49.8 Å². The van der Waals surface area contributed by atoms with Gasteiger partial charge in [0.2, 0.25) is 0 Å². The Hall–Kier alpha value is -3.03. The van der Waals surface area contributed by atoms with Crippen LogP contribution >= 0.6 is 0 Å². The molecule has 1 amide bonds. The van der Waals surface area contributed by atoms with Crippen molar-refractivity contribution in [3.8, 4) is 16.9 Å². The van der Waals surface area contributed by atoms with Crippen molar-refractivity contribution in [3.05, 3.63) is 66.6 Å². The van der Waals surface area contributed by atoms with Crippen LogP contribution in [0.15, 0.2) is 61.1 Å². The summed E-state index contributed by atoms with van der Waals surface area (Å²) < 4.78 is 7.57. The van der Waals surface area contributed by atoms with E-state index in [1.54, 1.807) is 23.3 Å². The van der Waals surface area contributed by atoms with E-state index in [1.165, 1.54) is 0 Å². The Morgan fingerprint density at radius 1 is 1.16 bits per heavy atom. The minimum absolute atomic E-state index is 0.137. The van der Waals surface area contributed by atoms with Crippen LogP contribution in [-0.4, -0.2) is 63.5 Å². The molecule has 3 unspecified atom stereocenters.